The van der Waals surface area contributed by atoms with E-state index < -0.39 is 11.7 Å². The lowest BCUT2D eigenvalue weighted by Crippen LogP contribution is -2.13. The number of nitrogens with one attached hydrogen (secondary N) is 1. The third-order valence-electron chi connectivity index (χ3n) is 5.46. The van der Waals surface area contributed by atoms with E-state index in [1.165, 1.54) is 6.07 Å². The molecular weight excluding hydrogens is 381 g/mol. The molecule has 0 aliphatic heterocycles. The van der Waals surface area contributed by atoms with Crippen LogP contribution in [0.5, 0.6) is 0 Å². The zero-order chi connectivity index (χ0) is 20.7. The van der Waals surface area contributed by atoms with Crippen molar-refractivity contribution in [3.05, 3.63) is 47.3 Å². The van der Waals surface area contributed by atoms with E-state index in [1.807, 2.05) is 6.08 Å². The second kappa shape index (κ2) is 9.80. The summed E-state index contributed by atoms with van der Waals surface area (Å²) in [6, 6.07) is 5.28. The van der Waals surface area contributed by atoms with Gasteiger partial charge in [0.25, 0.3) is 0 Å². The summed E-state index contributed by atoms with van der Waals surface area (Å²) in [6.45, 7) is 0. The highest BCUT2D eigenvalue weighted by Gasteiger charge is 2.32. The minimum absolute atomic E-state index is 0.0192. The van der Waals surface area contributed by atoms with Crippen LogP contribution in [0.15, 0.2) is 30.3 Å². The van der Waals surface area contributed by atoms with Gasteiger partial charge in [0.1, 0.15) is 5.78 Å². The van der Waals surface area contributed by atoms with Crippen LogP contribution >= 0.6 is 0 Å². The van der Waals surface area contributed by atoms with E-state index in [1.54, 1.807) is 12.1 Å². The Morgan fingerprint density at radius 1 is 1.17 bits per heavy atom. The van der Waals surface area contributed by atoms with Gasteiger partial charge in [-0.05, 0) is 42.9 Å². The normalized spacial score (nSPS) is 20.0. The molecule has 0 radical (unpaired) electrons. The SMILES string of the molecule is O=C1CCC(/C=C/c2cccc(C(F)(F)F)c2)C1CCCCCCc1nn[nH]n1. The molecule has 0 bridgehead atoms. The molecule has 8 heteroatoms. The average Bonchev–Trinajstić information content (AvgIpc) is 3.33. The number of carbonyl (C=O) groups excluding carboxylic acids is 1. The summed E-state index contributed by atoms with van der Waals surface area (Å²) in [5.74, 6) is 1.08. The van der Waals surface area contributed by atoms with Crippen LogP contribution in [0.4, 0.5) is 13.2 Å². The molecule has 1 aromatic carbocycles. The van der Waals surface area contributed by atoms with E-state index in [0.29, 0.717) is 12.0 Å². The third kappa shape index (κ3) is 6.24. The number of unbranched alkanes of at least 4 members (excludes halogenated alkanes) is 3. The molecule has 1 aliphatic carbocycles. The lowest BCUT2D eigenvalue weighted by atomic mass is 9.89. The lowest BCUT2D eigenvalue weighted by Gasteiger charge is -2.15. The minimum atomic E-state index is -4.35. The summed E-state index contributed by atoms with van der Waals surface area (Å²) in [5.41, 5.74) is -0.140. The summed E-state index contributed by atoms with van der Waals surface area (Å²) < 4.78 is 38.5. The molecule has 29 heavy (non-hydrogen) atoms. The number of nitrogens with zero attached hydrogens (tertiary/aromatic N) is 3. The van der Waals surface area contributed by atoms with Crippen molar-refractivity contribution in [1.82, 2.24) is 20.6 Å². The molecule has 1 heterocycles. The standard InChI is InChI=1S/C21H25F3N4O/c22-21(23,24)17-7-5-6-15(14-17)10-11-16-12-13-19(29)18(16)8-3-1-2-4-9-20-25-27-28-26-20/h5-7,10-11,14,16,18H,1-4,8-9,12-13H2,(H,25,26,27,28)/b11-10+. The van der Waals surface area contributed by atoms with Crippen LogP contribution in [0, 0.1) is 11.8 Å². The molecule has 1 saturated carbocycles. The number of carbonyl (C=O) groups is 1. The number of tetrazole rings is 1. The van der Waals surface area contributed by atoms with Gasteiger partial charge in [-0.2, -0.15) is 18.4 Å². The van der Waals surface area contributed by atoms with Crippen molar-refractivity contribution in [2.24, 2.45) is 11.8 Å². The third-order valence-corrected chi connectivity index (χ3v) is 5.46. The fraction of sp³-hybridized carbons (Fsp3) is 0.524. The summed E-state index contributed by atoms with van der Waals surface area (Å²) in [4.78, 5) is 12.2. The molecule has 2 unspecified atom stereocenters. The van der Waals surface area contributed by atoms with Gasteiger partial charge in [-0.15, -0.1) is 10.2 Å². The predicted molar refractivity (Wildman–Crippen MR) is 103 cm³/mol. The molecule has 1 N–H and O–H groups in total. The fourth-order valence-electron chi connectivity index (χ4n) is 3.88. The quantitative estimate of drug-likeness (QED) is 0.594. The van der Waals surface area contributed by atoms with E-state index in [-0.39, 0.29) is 17.6 Å². The highest BCUT2D eigenvalue weighted by molar-refractivity contribution is 5.83. The second-order valence-electron chi connectivity index (χ2n) is 7.54. The van der Waals surface area contributed by atoms with Gasteiger partial charge in [0.2, 0.25) is 0 Å². The Hall–Kier alpha value is -2.51. The smallest absolute Gasteiger partial charge is 0.299 e. The van der Waals surface area contributed by atoms with Gasteiger partial charge in [0.05, 0.1) is 5.56 Å². The molecule has 1 aliphatic rings. The molecule has 2 aromatic rings. The predicted octanol–water partition coefficient (Wildman–Crippen LogP) is 5.02. The number of halogens is 3. The number of hydrogen-bond acceptors (Lipinski definition) is 4. The number of rotatable bonds is 9. The van der Waals surface area contributed by atoms with Gasteiger partial charge in [-0.3, -0.25) is 4.79 Å². The van der Waals surface area contributed by atoms with Gasteiger partial charge < -0.3 is 0 Å². The van der Waals surface area contributed by atoms with E-state index in [9.17, 15) is 18.0 Å². The number of aromatic amines is 1. The van der Waals surface area contributed by atoms with E-state index in [4.69, 9.17) is 0 Å². The van der Waals surface area contributed by atoms with Crippen molar-refractivity contribution in [1.29, 1.82) is 0 Å². The molecular formula is C21H25F3N4O. The first kappa shape index (κ1) is 21.2. The maximum Gasteiger partial charge on any atom is 0.416 e. The number of aryl methyl sites for hydroxylation is 1. The van der Waals surface area contributed by atoms with Crippen LogP contribution in [0.1, 0.15) is 61.9 Å². The number of hydrogen-bond donors (Lipinski definition) is 1. The van der Waals surface area contributed by atoms with E-state index in [0.717, 1.165) is 62.9 Å². The highest BCUT2D eigenvalue weighted by Crippen LogP contribution is 2.35. The molecule has 3 rings (SSSR count). The van der Waals surface area contributed by atoms with Crippen LogP contribution in [-0.2, 0) is 17.4 Å². The maximum atomic E-state index is 12.8. The first-order valence-electron chi connectivity index (χ1n) is 10.0. The number of Topliss-reactive ketones (excluding diaryl/α,β-unsaturated/α-hetero) is 1. The maximum absolute atomic E-state index is 12.8. The minimum Gasteiger partial charge on any atom is -0.299 e. The van der Waals surface area contributed by atoms with Crippen molar-refractivity contribution < 1.29 is 18.0 Å². The summed E-state index contributed by atoms with van der Waals surface area (Å²) >= 11 is 0. The van der Waals surface area contributed by atoms with Gasteiger partial charge in [0, 0.05) is 18.8 Å². The first-order valence-corrected chi connectivity index (χ1v) is 10.0. The fourth-order valence-corrected chi connectivity index (χ4v) is 3.88. The zero-order valence-electron chi connectivity index (χ0n) is 16.2. The monoisotopic (exact) mass is 406 g/mol. The van der Waals surface area contributed by atoms with Crippen LogP contribution in [0.25, 0.3) is 6.08 Å². The number of benzene rings is 1. The number of alkyl halides is 3. The van der Waals surface area contributed by atoms with Crippen molar-refractivity contribution >= 4 is 11.9 Å². The van der Waals surface area contributed by atoms with E-state index in [2.05, 4.69) is 20.6 Å². The molecule has 1 aromatic heterocycles. The Labute approximate surface area is 167 Å². The molecule has 0 spiro atoms. The van der Waals surface area contributed by atoms with Crippen LogP contribution < -0.4 is 0 Å². The average molecular weight is 406 g/mol. The van der Waals surface area contributed by atoms with Crippen LogP contribution in [0.3, 0.4) is 0 Å². The molecule has 2 atom stereocenters. The Bertz CT molecular complexity index is 818. The van der Waals surface area contributed by atoms with Gasteiger partial charge in [-0.1, -0.05) is 48.8 Å². The Balaban J connectivity index is 1.46. The molecule has 156 valence electrons. The van der Waals surface area contributed by atoms with Crippen molar-refractivity contribution in [2.75, 3.05) is 0 Å². The first-order chi connectivity index (χ1) is 13.9. The van der Waals surface area contributed by atoms with Gasteiger partial charge >= 0.3 is 6.18 Å². The Kier molecular flexibility index (Phi) is 7.17. The number of aromatic nitrogens is 4. The highest BCUT2D eigenvalue weighted by atomic mass is 19.4. The molecule has 0 amide bonds. The second-order valence-corrected chi connectivity index (χ2v) is 7.54. The zero-order valence-corrected chi connectivity index (χ0v) is 16.2. The summed E-state index contributed by atoms with van der Waals surface area (Å²) in [7, 11) is 0. The van der Waals surface area contributed by atoms with Crippen molar-refractivity contribution in [3.8, 4) is 0 Å². The molecule has 0 saturated heterocycles. The largest absolute Gasteiger partial charge is 0.416 e. The number of ketones is 1. The molecule has 1 fully saturated rings. The topological polar surface area (TPSA) is 71.5 Å². The lowest BCUT2D eigenvalue weighted by molar-refractivity contribution is -0.137. The van der Waals surface area contributed by atoms with Crippen molar-refractivity contribution in [2.45, 2.75) is 57.5 Å². The van der Waals surface area contributed by atoms with Crippen LogP contribution in [-0.4, -0.2) is 26.4 Å². The Morgan fingerprint density at radius 2 is 2.00 bits per heavy atom. The summed E-state index contributed by atoms with van der Waals surface area (Å²) in [5, 5.41) is 13.8. The van der Waals surface area contributed by atoms with E-state index >= 15 is 0 Å². The summed E-state index contributed by atoms with van der Waals surface area (Å²) in [6.07, 6.45) is 6.27. The van der Waals surface area contributed by atoms with Gasteiger partial charge in [0.15, 0.2) is 5.82 Å². The van der Waals surface area contributed by atoms with Crippen LogP contribution in [0.2, 0.25) is 0 Å². The number of allylic oxidation sites excluding steroid dienone is 1. The van der Waals surface area contributed by atoms with Crippen molar-refractivity contribution in [3.63, 3.8) is 0 Å². The molecule has 5 nitrogen and oxygen atoms in total. The van der Waals surface area contributed by atoms with Gasteiger partial charge in [-0.25, -0.2) is 0 Å². The number of H-pyrrole nitrogens is 1. The Morgan fingerprint density at radius 3 is 2.76 bits per heavy atom.